The Morgan fingerprint density at radius 1 is 0.892 bits per heavy atom. The van der Waals surface area contributed by atoms with E-state index in [1.807, 2.05) is 0 Å². The zero-order valence-corrected chi connectivity index (χ0v) is 21.5. The van der Waals surface area contributed by atoms with E-state index >= 15 is 0 Å². The molecule has 0 aliphatic rings. The highest BCUT2D eigenvalue weighted by Gasteiger charge is 2.29. The van der Waals surface area contributed by atoms with Gasteiger partial charge in [-0.15, -0.1) is 0 Å². The molecule has 4 rings (SSSR count). The number of hydrogen-bond donors (Lipinski definition) is 3. The van der Waals surface area contributed by atoms with Crippen molar-refractivity contribution in [2.45, 2.75) is 11.4 Å². The molecule has 37 heavy (non-hydrogen) atoms. The maximum atomic E-state index is 13.6. The smallest absolute Gasteiger partial charge is 0.324 e. The van der Waals surface area contributed by atoms with Crippen molar-refractivity contribution >= 4 is 67.2 Å². The summed E-state index contributed by atoms with van der Waals surface area (Å²) in [4.78, 5) is 24.5. The Bertz CT molecular complexity index is 1590. The van der Waals surface area contributed by atoms with Crippen molar-refractivity contribution in [1.29, 1.82) is 0 Å². The van der Waals surface area contributed by atoms with Crippen molar-refractivity contribution < 1.29 is 23.1 Å². The molecule has 0 aliphatic heterocycles. The molecule has 4 aromatic carbocycles. The van der Waals surface area contributed by atoms with Crippen LogP contribution in [0.1, 0.15) is 15.9 Å². The summed E-state index contributed by atoms with van der Waals surface area (Å²) in [6, 6.07) is 20.4. The Hall–Kier alpha value is -3.79. The zero-order valence-electron chi connectivity index (χ0n) is 19.2. The number of nitrogens with two attached hydrogens (primary N) is 1. The van der Waals surface area contributed by atoms with Gasteiger partial charge in [-0.1, -0.05) is 59.6 Å². The average molecular weight is 558 g/mol. The molecule has 1 amide bonds. The summed E-state index contributed by atoms with van der Waals surface area (Å²) in [6.45, 7) is -0.608. The van der Waals surface area contributed by atoms with Crippen molar-refractivity contribution in [1.82, 2.24) is 5.32 Å². The normalized spacial score (nSPS) is 11.3. The number of aliphatic carboxylic acids is 1. The number of rotatable bonds is 8. The molecule has 0 atom stereocenters. The molecule has 4 N–H and O–H groups in total. The van der Waals surface area contributed by atoms with E-state index in [2.05, 4.69) is 5.32 Å². The van der Waals surface area contributed by atoms with Crippen LogP contribution >= 0.6 is 23.2 Å². The lowest BCUT2D eigenvalue weighted by Gasteiger charge is -2.25. The minimum atomic E-state index is -4.40. The van der Waals surface area contributed by atoms with Gasteiger partial charge in [0.1, 0.15) is 6.54 Å². The van der Waals surface area contributed by atoms with Gasteiger partial charge in [0.05, 0.1) is 10.6 Å². The Morgan fingerprint density at radius 3 is 2.16 bits per heavy atom. The van der Waals surface area contributed by atoms with Crippen molar-refractivity contribution in [2.75, 3.05) is 16.6 Å². The van der Waals surface area contributed by atoms with Gasteiger partial charge in [0.15, 0.2) is 0 Å². The lowest BCUT2D eigenvalue weighted by molar-refractivity contribution is -0.135. The number of carboxylic acid groups (broad SMARTS) is 1. The number of nitrogens with zero attached hydrogens (tertiary/aromatic N) is 1. The summed E-state index contributed by atoms with van der Waals surface area (Å²) < 4.78 is 27.9. The first kappa shape index (κ1) is 26.3. The maximum absolute atomic E-state index is 13.6. The van der Waals surface area contributed by atoms with Crippen LogP contribution in [0.3, 0.4) is 0 Å². The summed E-state index contributed by atoms with van der Waals surface area (Å²) >= 11 is 12.0. The minimum Gasteiger partial charge on any atom is -0.480 e. The molecule has 0 unspecified atom stereocenters. The van der Waals surface area contributed by atoms with E-state index in [1.54, 1.807) is 54.6 Å². The van der Waals surface area contributed by atoms with Crippen LogP contribution in [0.2, 0.25) is 10.0 Å². The third-order valence-electron chi connectivity index (χ3n) is 5.55. The van der Waals surface area contributed by atoms with Gasteiger partial charge in [0.2, 0.25) is 0 Å². The van der Waals surface area contributed by atoms with Gasteiger partial charge in [0, 0.05) is 33.2 Å². The van der Waals surface area contributed by atoms with Crippen LogP contribution < -0.4 is 15.4 Å². The minimum absolute atomic E-state index is 0.0827. The summed E-state index contributed by atoms with van der Waals surface area (Å²) in [5.41, 5.74) is 7.55. The molecule has 0 aliphatic carbocycles. The third-order valence-corrected chi connectivity index (χ3v) is 7.72. The van der Waals surface area contributed by atoms with E-state index < -0.39 is 22.5 Å². The van der Waals surface area contributed by atoms with Gasteiger partial charge in [-0.2, -0.15) is 0 Å². The molecule has 0 radical (unpaired) electrons. The predicted octanol–water partition coefficient (Wildman–Crippen LogP) is 4.94. The highest BCUT2D eigenvalue weighted by molar-refractivity contribution is 7.92. The number of nitrogens with one attached hydrogen (secondary N) is 1. The molecule has 0 aromatic heterocycles. The van der Waals surface area contributed by atoms with Gasteiger partial charge in [0.25, 0.3) is 15.9 Å². The largest absolute Gasteiger partial charge is 0.480 e. The van der Waals surface area contributed by atoms with Gasteiger partial charge in [-0.05, 0) is 53.4 Å². The van der Waals surface area contributed by atoms with Crippen LogP contribution in [0.15, 0.2) is 83.8 Å². The number of benzene rings is 4. The fourth-order valence-corrected chi connectivity index (χ4v) is 6.01. The van der Waals surface area contributed by atoms with Gasteiger partial charge < -0.3 is 16.2 Å². The molecule has 11 heteroatoms. The Kier molecular flexibility index (Phi) is 7.58. The maximum Gasteiger partial charge on any atom is 0.324 e. The predicted molar refractivity (Wildman–Crippen MR) is 145 cm³/mol. The summed E-state index contributed by atoms with van der Waals surface area (Å²) in [5.74, 6) is -1.75. The number of fused-ring (bicyclic) bond motifs is 1. The fraction of sp³-hybridized carbons (Fsp3) is 0.0769. The van der Waals surface area contributed by atoms with Crippen LogP contribution in [-0.2, 0) is 21.4 Å². The quantitative estimate of drug-likeness (QED) is 0.263. The molecule has 0 spiro atoms. The van der Waals surface area contributed by atoms with E-state index in [9.17, 15) is 23.1 Å². The van der Waals surface area contributed by atoms with E-state index in [-0.39, 0.29) is 33.1 Å². The zero-order chi connectivity index (χ0) is 26.7. The lowest BCUT2D eigenvalue weighted by atomic mass is 10.0. The number of carbonyl (C=O) groups is 2. The number of anilines is 2. The van der Waals surface area contributed by atoms with E-state index in [1.165, 1.54) is 24.3 Å². The molecule has 190 valence electrons. The van der Waals surface area contributed by atoms with Gasteiger partial charge >= 0.3 is 5.97 Å². The van der Waals surface area contributed by atoms with Crippen LogP contribution in [-0.4, -0.2) is 31.9 Å². The Morgan fingerprint density at radius 2 is 1.51 bits per heavy atom. The number of halogens is 2. The van der Waals surface area contributed by atoms with E-state index in [0.29, 0.717) is 22.0 Å². The SMILES string of the molecule is Nc1ccc(CNC(=O)c2cccc3c(N(CC(=O)O)S(=O)(=O)c4cc(Cl)cc(Cl)c4)cccc23)cc1. The monoisotopic (exact) mass is 557 g/mol. The average Bonchev–Trinajstić information content (AvgIpc) is 2.85. The molecule has 0 fully saturated rings. The van der Waals surface area contributed by atoms with Gasteiger partial charge in [-0.3, -0.25) is 13.9 Å². The van der Waals surface area contributed by atoms with Gasteiger partial charge in [-0.25, -0.2) is 8.42 Å². The number of amides is 1. The molecule has 0 bridgehead atoms. The summed E-state index contributed by atoms with van der Waals surface area (Å²) in [5, 5.41) is 13.4. The number of hydrogen-bond acceptors (Lipinski definition) is 5. The number of sulfonamides is 1. The summed E-state index contributed by atoms with van der Waals surface area (Å²) in [7, 11) is -4.40. The fourth-order valence-electron chi connectivity index (χ4n) is 3.85. The summed E-state index contributed by atoms with van der Waals surface area (Å²) in [6.07, 6.45) is 0. The highest BCUT2D eigenvalue weighted by Crippen LogP contribution is 2.34. The second-order valence-electron chi connectivity index (χ2n) is 8.11. The topological polar surface area (TPSA) is 130 Å². The molecule has 0 heterocycles. The van der Waals surface area contributed by atoms with E-state index in [0.717, 1.165) is 9.87 Å². The van der Waals surface area contributed by atoms with Crippen LogP contribution in [0.25, 0.3) is 10.8 Å². The first-order valence-electron chi connectivity index (χ1n) is 10.9. The van der Waals surface area contributed by atoms with Crippen molar-refractivity contribution in [3.8, 4) is 0 Å². The number of carbonyl (C=O) groups excluding carboxylic acids is 1. The van der Waals surface area contributed by atoms with Crippen LogP contribution in [0.4, 0.5) is 11.4 Å². The highest BCUT2D eigenvalue weighted by atomic mass is 35.5. The van der Waals surface area contributed by atoms with Crippen molar-refractivity contribution in [3.05, 3.63) is 100 Å². The molecular weight excluding hydrogens is 537 g/mol. The third kappa shape index (κ3) is 5.80. The number of nitrogen functional groups attached to an aromatic ring is 1. The van der Waals surface area contributed by atoms with Crippen LogP contribution in [0, 0.1) is 0 Å². The Labute approximate surface area is 223 Å². The second-order valence-corrected chi connectivity index (χ2v) is 10.8. The molecule has 4 aromatic rings. The molecular formula is C26H21Cl2N3O5S. The van der Waals surface area contributed by atoms with Crippen molar-refractivity contribution in [2.24, 2.45) is 0 Å². The number of carboxylic acids is 1. The van der Waals surface area contributed by atoms with Crippen LogP contribution in [0.5, 0.6) is 0 Å². The molecule has 0 saturated carbocycles. The standard InChI is InChI=1S/C26H21Cl2N3O5S/c27-17-11-18(28)13-20(12-17)37(35,36)31(15-25(32)33)24-6-2-3-21-22(24)4-1-5-23(21)26(34)30-14-16-7-9-19(29)10-8-16/h1-13H,14-15,29H2,(H,30,34)(H,32,33). The Balaban J connectivity index is 1.76. The first-order valence-corrected chi connectivity index (χ1v) is 13.1. The van der Waals surface area contributed by atoms with Crippen molar-refractivity contribution in [3.63, 3.8) is 0 Å². The lowest BCUT2D eigenvalue weighted by Crippen LogP contribution is -2.36. The van der Waals surface area contributed by atoms with E-state index in [4.69, 9.17) is 28.9 Å². The molecule has 8 nitrogen and oxygen atoms in total. The first-order chi connectivity index (χ1) is 17.6. The molecule has 0 saturated heterocycles. The second kappa shape index (κ2) is 10.7.